The largest absolute Gasteiger partial charge is 0.476 e. The Kier molecular flexibility index (Phi) is 5.63. The van der Waals surface area contributed by atoms with E-state index in [1.807, 2.05) is 0 Å². The molecule has 0 saturated heterocycles. The molecule has 12 heteroatoms. The molecule has 0 aliphatic carbocycles. The summed E-state index contributed by atoms with van der Waals surface area (Å²) in [7, 11) is -3.79. The lowest BCUT2D eigenvalue weighted by atomic mass is 10.1. The van der Waals surface area contributed by atoms with Gasteiger partial charge in [0.15, 0.2) is 6.10 Å². The maximum atomic E-state index is 12.9. The van der Waals surface area contributed by atoms with Crippen LogP contribution in [0.25, 0.3) is 0 Å². The van der Waals surface area contributed by atoms with Crippen molar-refractivity contribution in [2.45, 2.75) is 12.3 Å². The second kappa shape index (κ2) is 7.58. The summed E-state index contributed by atoms with van der Waals surface area (Å²) in [5.74, 6) is -0.776. The van der Waals surface area contributed by atoms with Gasteiger partial charge in [-0.25, -0.2) is 8.42 Å². The molecule has 1 heterocycles. The predicted molar refractivity (Wildman–Crippen MR) is 103 cm³/mol. The summed E-state index contributed by atoms with van der Waals surface area (Å²) >= 11 is 11.8. The Hall–Kier alpha value is -2.17. The molecule has 0 bridgehead atoms. The van der Waals surface area contributed by atoms with Gasteiger partial charge in [-0.2, -0.15) is 13.2 Å². The number of hydrogen-bond donors (Lipinski definition) is 1. The van der Waals surface area contributed by atoms with Crippen molar-refractivity contribution in [2.75, 3.05) is 22.4 Å². The summed E-state index contributed by atoms with van der Waals surface area (Å²) in [6.07, 6.45) is -5.01. The second-order valence-corrected chi connectivity index (χ2v) is 8.94. The van der Waals surface area contributed by atoms with Gasteiger partial charge in [0.1, 0.15) is 5.75 Å². The molecule has 1 atom stereocenters. The lowest BCUT2D eigenvalue weighted by molar-refractivity contribution is -0.137. The number of nitrogens with one attached hydrogen (secondary N) is 1. The Morgan fingerprint density at radius 1 is 1.21 bits per heavy atom. The normalized spacial score (nSPS) is 16.8. The topological polar surface area (TPSA) is 75.7 Å². The summed E-state index contributed by atoms with van der Waals surface area (Å²) in [4.78, 5) is 12.6. The third-order valence-corrected chi connectivity index (χ3v) is 5.75. The zero-order valence-electron chi connectivity index (χ0n) is 14.6. The maximum absolute atomic E-state index is 12.9. The van der Waals surface area contributed by atoms with Gasteiger partial charge >= 0.3 is 6.18 Å². The van der Waals surface area contributed by atoms with E-state index in [9.17, 15) is 26.4 Å². The van der Waals surface area contributed by atoms with Crippen molar-refractivity contribution in [1.29, 1.82) is 0 Å². The minimum atomic E-state index is -4.63. The molecule has 1 aliphatic heterocycles. The predicted octanol–water partition coefficient (Wildman–Crippen LogP) is 4.18. The molecule has 156 valence electrons. The number of alkyl halides is 3. The van der Waals surface area contributed by atoms with Crippen molar-refractivity contribution in [2.24, 2.45) is 0 Å². The zero-order chi connectivity index (χ0) is 21.6. The van der Waals surface area contributed by atoms with E-state index in [-0.39, 0.29) is 27.2 Å². The highest BCUT2D eigenvalue weighted by atomic mass is 35.5. The number of carbonyl (C=O) groups is 1. The van der Waals surface area contributed by atoms with E-state index in [4.69, 9.17) is 27.9 Å². The zero-order valence-corrected chi connectivity index (χ0v) is 17.0. The van der Waals surface area contributed by atoms with E-state index in [1.54, 1.807) is 0 Å². The number of hydrogen-bond acceptors (Lipinski definition) is 4. The maximum Gasteiger partial charge on any atom is 0.416 e. The van der Waals surface area contributed by atoms with E-state index in [2.05, 4.69) is 5.32 Å². The van der Waals surface area contributed by atoms with Crippen molar-refractivity contribution >= 4 is 50.5 Å². The van der Waals surface area contributed by atoms with Gasteiger partial charge in [0, 0.05) is 5.02 Å². The molecule has 6 nitrogen and oxygen atoms in total. The van der Waals surface area contributed by atoms with Crippen LogP contribution in [0.4, 0.5) is 24.5 Å². The average molecular weight is 469 g/mol. The first kappa shape index (κ1) is 21.5. The van der Waals surface area contributed by atoms with Crippen LogP contribution in [0.2, 0.25) is 10.0 Å². The summed E-state index contributed by atoms with van der Waals surface area (Å²) < 4.78 is 69.5. The second-order valence-electron chi connectivity index (χ2n) is 6.19. The first-order valence-electron chi connectivity index (χ1n) is 7.98. The fraction of sp³-hybridized carbons (Fsp3) is 0.235. The van der Waals surface area contributed by atoms with Gasteiger partial charge in [0.05, 0.1) is 34.8 Å². The van der Waals surface area contributed by atoms with Crippen molar-refractivity contribution in [3.8, 4) is 5.75 Å². The fourth-order valence-corrected chi connectivity index (χ4v) is 3.92. The van der Waals surface area contributed by atoms with E-state index in [1.165, 1.54) is 18.2 Å². The summed E-state index contributed by atoms with van der Waals surface area (Å²) in [5.41, 5.74) is -1.12. The molecule has 1 aliphatic rings. The molecule has 1 amide bonds. The molecule has 2 aromatic carbocycles. The molecule has 0 fully saturated rings. The van der Waals surface area contributed by atoms with Crippen LogP contribution in [0.15, 0.2) is 36.4 Å². The number of benzene rings is 2. The number of halogens is 5. The van der Waals surface area contributed by atoms with Gasteiger partial charge in [-0.05, 0) is 36.4 Å². The van der Waals surface area contributed by atoms with Crippen LogP contribution >= 0.6 is 23.2 Å². The van der Waals surface area contributed by atoms with E-state index in [0.29, 0.717) is 6.07 Å². The number of amides is 1. The molecule has 3 rings (SSSR count). The lowest BCUT2D eigenvalue weighted by Gasteiger charge is -2.34. The molecule has 0 saturated carbocycles. The molecule has 0 spiro atoms. The van der Waals surface area contributed by atoms with Crippen molar-refractivity contribution in [3.05, 3.63) is 52.0 Å². The summed E-state index contributed by atoms with van der Waals surface area (Å²) in [6.45, 7) is -0.394. The molecule has 0 radical (unpaired) electrons. The highest BCUT2D eigenvalue weighted by Gasteiger charge is 2.36. The van der Waals surface area contributed by atoms with Gasteiger partial charge in [-0.1, -0.05) is 23.2 Å². The number of ether oxygens (including phenoxy) is 1. The fourth-order valence-electron chi connectivity index (χ4n) is 2.69. The van der Waals surface area contributed by atoms with Gasteiger partial charge in [-0.15, -0.1) is 0 Å². The van der Waals surface area contributed by atoms with Crippen LogP contribution in [0.3, 0.4) is 0 Å². The third kappa shape index (κ3) is 4.71. The smallest absolute Gasteiger partial charge is 0.416 e. The van der Waals surface area contributed by atoms with Gasteiger partial charge in [0.25, 0.3) is 5.91 Å². The summed E-state index contributed by atoms with van der Waals surface area (Å²) in [6, 6.07) is 6.68. The Morgan fingerprint density at radius 2 is 1.90 bits per heavy atom. The minimum Gasteiger partial charge on any atom is -0.476 e. The SMILES string of the molecule is CS(=O)(=O)N1C[C@@H](C(=O)Nc2cc(C(F)(F)F)ccc2Cl)Oc2ccc(Cl)cc21. The highest BCUT2D eigenvalue weighted by Crippen LogP contribution is 2.38. The van der Waals surface area contributed by atoms with E-state index >= 15 is 0 Å². The van der Waals surface area contributed by atoms with Crippen LogP contribution in [0, 0.1) is 0 Å². The van der Waals surface area contributed by atoms with Crippen LogP contribution in [-0.2, 0) is 21.0 Å². The number of anilines is 2. The minimum absolute atomic E-state index is 0.0846. The Balaban J connectivity index is 1.90. The molecule has 0 aromatic heterocycles. The van der Waals surface area contributed by atoms with Crippen LogP contribution in [0.1, 0.15) is 5.56 Å². The number of sulfonamides is 1. The molecule has 0 unspecified atom stereocenters. The van der Waals surface area contributed by atoms with Gasteiger partial charge < -0.3 is 10.1 Å². The van der Waals surface area contributed by atoms with Crippen LogP contribution in [-0.4, -0.2) is 33.2 Å². The van der Waals surface area contributed by atoms with E-state index < -0.39 is 40.3 Å². The number of rotatable bonds is 3. The number of nitrogens with zero attached hydrogens (tertiary/aromatic N) is 1. The van der Waals surface area contributed by atoms with Crippen molar-refractivity contribution in [3.63, 3.8) is 0 Å². The number of carbonyl (C=O) groups excluding carboxylic acids is 1. The molecular weight excluding hydrogens is 456 g/mol. The van der Waals surface area contributed by atoms with Gasteiger partial charge in [-0.3, -0.25) is 9.10 Å². The van der Waals surface area contributed by atoms with Crippen LogP contribution < -0.4 is 14.4 Å². The van der Waals surface area contributed by atoms with Crippen LogP contribution in [0.5, 0.6) is 5.75 Å². The monoisotopic (exact) mass is 468 g/mol. The first-order chi connectivity index (χ1) is 13.4. The molecular formula is C17H13Cl2F3N2O4S. The van der Waals surface area contributed by atoms with E-state index in [0.717, 1.165) is 22.7 Å². The molecule has 29 heavy (non-hydrogen) atoms. The Bertz CT molecular complexity index is 1080. The van der Waals surface area contributed by atoms with Gasteiger partial charge in [0.2, 0.25) is 10.0 Å². The summed E-state index contributed by atoms with van der Waals surface area (Å²) in [5, 5.41) is 2.41. The lowest BCUT2D eigenvalue weighted by Crippen LogP contribution is -2.48. The number of fused-ring (bicyclic) bond motifs is 1. The highest BCUT2D eigenvalue weighted by molar-refractivity contribution is 7.92. The van der Waals surface area contributed by atoms with Crippen molar-refractivity contribution < 1.29 is 31.1 Å². The molecule has 1 N–H and O–H groups in total. The van der Waals surface area contributed by atoms with Crippen molar-refractivity contribution in [1.82, 2.24) is 0 Å². The Labute approximate surface area is 174 Å². The first-order valence-corrected chi connectivity index (χ1v) is 10.6. The molecule has 2 aromatic rings. The third-order valence-electron chi connectivity index (χ3n) is 4.03. The standard InChI is InChI=1S/C17H13Cl2F3N2O4S/c1-29(26,27)24-8-15(28-14-5-3-10(18)7-13(14)24)16(25)23-12-6-9(17(20,21)22)2-4-11(12)19/h2-7,15H,8H2,1H3,(H,23,25)/t15-/m0/s1. The Morgan fingerprint density at radius 3 is 2.52 bits per heavy atom. The average Bonchev–Trinajstić information content (AvgIpc) is 2.60. The quantitative estimate of drug-likeness (QED) is 0.732.